The number of morpholine rings is 1. The van der Waals surface area contributed by atoms with Gasteiger partial charge in [-0.1, -0.05) is 0 Å². The number of thiazole rings is 1. The van der Waals surface area contributed by atoms with Gasteiger partial charge in [0.1, 0.15) is 27.8 Å². The van der Waals surface area contributed by atoms with Gasteiger partial charge in [0, 0.05) is 29.6 Å². The number of aromatic nitrogens is 3. The highest BCUT2D eigenvalue weighted by molar-refractivity contribution is 7.13. The lowest BCUT2D eigenvalue weighted by molar-refractivity contribution is -0.139. The first-order valence-corrected chi connectivity index (χ1v) is 14.3. The van der Waals surface area contributed by atoms with Crippen LogP contribution in [0.2, 0.25) is 0 Å². The summed E-state index contributed by atoms with van der Waals surface area (Å²) >= 11 is 1.22. The van der Waals surface area contributed by atoms with E-state index >= 15 is 4.39 Å². The third-order valence-corrected chi connectivity index (χ3v) is 8.63. The van der Waals surface area contributed by atoms with E-state index in [1.807, 2.05) is 0 Å². The van der Waals surface area contributed by atoms with E-state index in [4.69, 9.17) is 9.47 Å². The number of anilines is 1. The van der Waals surface area contributed by atoms with Crippen molar-refractivity contribution in [3.8, 4) is 16.3 Å². The molecule has 3 aliphatic rings. The standard InChI is InChI=1S/C28H29F4N5O2S/c29-21(22-16-40-26(36-22)19-6-9-34-35-15-19)14-18-4-5-23(39-20-2-1-3-20)24(28(30,31)32)25(18)37-12-13-38-27(17-37)7-10-33-11-8-27/h4-6,9,14-16,20,33H,1-3,7-8,10-13,17H2/b21-14-. The highest BCUT2D eigenvalue weighted by Crippen LogP contribution is 2.48. The van der Waals surface area contributed by atoms with Gasteiger partial charge in [0.15, 0.2) is 0 Å². The molecule has 1 N–H and O–H groups in total. The lowest BCUT2D eigenvalue weighted by Crippen LogP contribution is -2.56. The number of benzene rings is 1. The Bertz CT molecular complexity index is 1370. The highest BCUT2D eigenvalue weighted by atomic mass is 32.1. The smallest absolute Gasteiger partial charge is 0.421 e. The number of hydrogen-bond donors (Lipinski definition) is 1. The maximum Gasteiger partial charge on any atom is 0.421 e. The summed E-state index contributed by atoms with van der Waals surface area (Å²) in [4.78, 5) is 6.06. The average molecular weight is 576 g/mol. The Kier molecular flexibility index (Phi) is 7.49. The third kappa shape index (κ3) is 5.57. The van der Waals surface area contributed by atoms with E-state index in [0.29, 0.717) is 23.4 Å². The number of piperidine rings is 1. The first kappa shape index (κ1) is 27.1. The minimum atomic E-state index is -4.71. The van der Waals surface area contributed by atoms with Crippen molar-refractivity contribution in [3.05, 3.63) is 52.8 Å². The predicted molar refractivity (Wildman–Crippen MR) is 145 cm³/mol. The number of alkyl halides is 3. The van der Waals surface area contributed by atoms with Gasteiger partial charge < -0.3 is 19.7 Å². The molecule has 7 nitrogen and oxygen atoms in total. The number of halogens is 4. The van der Waals surface area contributed by atoms with E-state index in [1.54, 1.807) is 16.3 Å². The monoisotopic (exact) mass is 575 g/mol. The summed E-state index contributed by atoms with van der Waals surface area (Å²) < 4.78 is 72.1. The van der Waals surface area contributed by atoms with Crippen LogP contribution < -0.4 is 15.0 Å². The molecule has 0 radical (unpaired) electrons. The molecule has 0 amide bonds. The molecule has 212 valence electrons. The Balaban J connectivity index is 1.43. The van der Waals surface area contributed by atoms with Crippen LogP contribution in [0.3, 0.4) is 0 Å². The average Bonchev–Trinajstić information content (AvgIpc) is 3.42. The number of ether oxygens (including phenoxy) is 2. The maximum absolute atomic E-state index is 15.7. The van der Waals surface area contributed by atoms with Crippen LogP contribution >= 0.6 is 11.3 Å². The fraction of sp³-hybridized carbons (Fsp3) is 0.464. The minimum Gasteiger partial charge on any atom is -0.490 e. The molecule has 0 atom stereocenters. The van der Waals surface area contributed by atoms with Crippen LogP contribution in [0, 0.1) is 0 Å². The molecule has 3 aromatic rings. The zero-order valence-corrected chi connectivity index (χ0v) is 22.5. The van der Waals surface area contributed by atoms with Crippen molar-refractivity contribution >= 4 is 28.9 Å². The lowest BCUT2D eigenvalue weighted by Gasteiger charge is -2.47. The molecule has 0 bridgehead atoms. The predicted octanol–water partition coefficient (Wildman–Crippen LogP) is 5.98. The molecule has 12 heteroatoms. The Labute approximate surface area is 233 Å². The van der Waals surface area contributed by atoms with E-state index in [1.165, 1.54) is 35.9 Å². The molecular formula is C28H29F4N5O2S. The molecule has 3 fully saturated rings. The molecule has 6 rings (SSSR count). The van der Waals surface area contributed by atoms with E-state index < -0.39 is 23.2 Å². The van der Waals surface area contributed by atoms with Crippen LogP contribution in [0.25, 0.3) is 22.5 Å². The molecule has 0 unspecified atom stereocenters. The van der Waals surface area contributed by atoms with Crippen molar-refractivity contribution in [1.82, 2.24) is 20.5 Å². The molecule has 1 spiro atoms. The van der Waals surface area contributed by atoms with Gasteiger partial charge in [-0.2, -0.15) is 23.4 Å². The molecule has 2 saturated heterocycles. The van der Waals surface area contributed by atoms with Crippen molar-refractivity contribution < 1.29 is 27.0 Å². The van der Waals surface area contributed by atoms with Crippen molar-refractivity contribution in [3.63, 3.8) is 0 Å². The molecular weight excluding hydrogens is 546 g/mol. The zero-order chi connectivity index (χ0) is 27.7. The quantitative estimate of drug-likeness (QED) is 0.363. The summed E-state index contributed by atoms with van der Waals surface area (Å²) in [6, 6.07) is 4.54. The Hall–Kier alpha value is -3.09. The zero-order valence-electron chi connectivity index (χ0n) is 21.7. The number of rotatable bonds is 6. The molecule has 2 aliphatic heterocycles. The van der Waals surface area contributed by atoms with Crippen LogP contribution in [0.5, 0.6) is 5.75 Å². The Morgan fingerprint density at radius 3 is 2.70 bits per heavy atom. The Morgan fingerprint density at radius 1 is 1.18 bits per heavy atom. The number of nitrogens with zero attached hydrogens (tertiary/aromatic N) is 4. The highest BCUT2D eigenvalue weighted by Gasteiger charge is 2.44. The normalized spacial score (nSPS) is 20.0. The minimum absolute atomic E-state index is 0.0444. The lowest BCUT2D eigenvalue weighted by atomic mass is 9.89. The molecule has 4 heterocycles. The molecule has 1 saturated carbocycles. The molecule has 2 aromatic heterocycles. The second-order valence-corrected chi connectivity index (χ2v) is 11.3. The van der Waals surface area contributed by atoms with E-state index in [9.17, 15) is 13.2 Å². The van der Waals surface area contributed by atoms with Crippen LogP contribution in [0.1, 0.15) is 48.9 Å². The van der Waals surface area contributed by atoms with Gasteiger partial charge in [-0.15, -0.1) is 11.3 Å². The summed E-state index contributed by atoms with van der Waals surface area (Å²) in [6.45, 7) is 2.27. The van der Waals surface area contributed by atoms with Gasteiger partial charge >= 0.3 is 6.18 Å². The van der Waals surface area contributed by atoms with Gasteiger partial charge in [-0.3, -0.25) is 0 Å². The molecule has 1 aliphatic carbocycles. The van der Waals surface area contributed by atoms with Gasteiger partial charge in [0.2, 0.25) is 0 Å². The van der Waals surface area contributed by atoms with Gasteiger partial charge in [-0.05, 0) is 69.5 Å². The fourth-order valence-electron chi connectivity index (χ4n) is 5.45. The first-order chi connectivity index (χ1) is 19.3. The SMILES string of the molecule is F/C(=C\c1ccc(OC2CCC2)c(C(F)(F)F)c1N1CCOC2(CCNCC2)C1)c1csc(-c2ccnnc2)n1. The summed E-state index contributed by atoms with van der Waals surface area (Å²) in [7, 11) is 0. The Morgan fingerprint density at radius 2 is 2.00 bits per heavy atom. The molecule has 1 aromatic carbocycles. The van der Waals surface area contributed by atoms with Crippen molar-refractivity contribution in [2.45, 2.75) is 50.0 Å². The number of hydrogen-bond acceptors (Lipinski definition) is 8. The second-order valence-electron chi connectivity index (χ2n) is 10.4. The largest absolute Gasteiger partial charge is 0.490 e. The van der Waals surface area contributed by atoms with Crippen molar-refractivity contribution in [2.24, 2.45) is 0 Å². The first-order valence-electron chi connectivity index (χ1n) is 13.4. The van der Waals surface area contributed by atoms with Crippen molar-refractivity contribution in [2.75, 3.05) is 37.7 Å². The van der Waals surface area contributed by atoms with E-state index in [0.717, 1.165) is 38.4 Å². The van der Waals surface area contributed by atoms with E-state index in [-0.39, 0.29) is 48.5 Å². The van der Waals surface area contributed by atoms with Gasteiger partial charge in [0.05, 0.1) is 36.4 Å². The summed E-state index contributed by atoms with van der Waals surface area (Å²) in [5, 5.41) is 12.9. The fourth-order valence-corrected chi connectivity index (χ4v) is 6.25. The van der Waals surface area contributed by atoms with Gasteiger partial charge in [0.25, 0.3) is 0 Å². The topological polar surface area (TPSA) is 72.4 Å². The van der Waals surface area contributed by atoms with Crippen LogP contribution in [-0.4, -0.2) is 59.7 Å². The summed E-state index contributed by atoms with van der Waals surface area (Å²) in [5.74, 6) is -0.937. The second kappa shape index (κ2) is 11.1. The maximum atomic E-state index is 15.7. The summed E-state index contributed by atoms with van der Waals surface area (Å²) in [6.07, 6.45) is 2.96. The van der Waals surface area contributed by atoms with Crippen molar-refractivity contribution in [1.29, 1.82) is 0 Å². The van der Waals surface area contributed by atoms with Crippen LogP contribution in [0.4, 0.5) is 23.2 Å². The van der Waals surface area contributed by atoms with Gasteiger partial charge in [-0.25, -0.2) is 9.37 Å². The molecule has 40 heavy (non-hydrogen) atoms. The van der Waals surface area contributed by atoms with Crippen LogP contribution in [-0.2, 0) is 10.9 Å². The van der Waals surface area contributed by atoms with E-state index in [2.05, 4.69) is 20.5 Å². The third-order valence-electron chi connectivity index (χ3n) is 7.74. The summed E-state index contributed by atoms with van der Waals surface area (Å²) in [5.41, 5.74) is -0.653. The number of nitrogens with one attached hydrogen (secondary N) is 1. The van der Waals surface area contributed by atoms with Crippen LogP contribution in [0.15, 0.2) is 36.0 Å².